The average molecular weight is 508 g/mol. The molecule has 0 fully saturated rings. The molecule has 1 unspecified atom stereocenters. The molecule has 11 heteroatoms. The molecule has 36 heavy (non-hydrogen) atoms. The van der Waals surface area contributed by atoms with Gasteiger partial charge in [0.25, 0.3) is 6.10 Å². The molecule has 0 radical (unpaired) electrons. The van der Waals surface area contributed by atoms with E-state index in [0.29, 0.717) is 12.8 Å². The fourth-order valence-electron chi connectivity index (χ4n) is 3.76. The van der Waals surface area contributed by atoms with Gasteiger partial charge in [0.1, 0.15) is 19.9 Å². The third-order valence-electron chi connectivity index (χ3n) is 5.51. The van der Waals surface area contributed by atoms with Gasteiger partial charge in [-0.15, -0.1) is 0 Å². The molecule has 0 saturated heterocycles. The lowest BCUT2D eigenvalue weighted by molar-refractivity contribution is -0.231. The number of esters is 1. The number of rotatable bonds is 11. The van der Waals surface area contributed by atoms with Gasteiger partial charge in [-0.2, -0.15) is 13.2 Å². The summed E-state index contributed by atoms with van der Waals surface area (Å²) in [6, 6.07) is 15.6. The van der Waals surface area contributed by atoms with Crippen LogP contribution in [0.3, 0.4) is 0 Å². The van der Waals surface area contributed by atoms with Crippen LogP contribution in [0, 0.1) is 0 Å². The molecule has 2 amide bonds. The Labute approximate surface area is 206 Å². The highest BCUT2D eigenvalue weighted by molar-refractivity contribution is 5.82. The highest BCUT2D eigenvalue weighted by atomic mass is 19.4. The molecule has 0 heterocycles. The van der Waals surface area contributed by atoms with Crippen LogP contribution >= 0.6 is 0 Å². The monoisotopic (exact) mass is 508 g/mol. The highest BCUT2D eigenvalue weighted by Gasteiger charge is 2.47. The van der Waals surface area contributed by atoms with Gasteiger partial charge in [-0.05, 0) is 28.7 Å². The molecule has 2 N–H and O–H groups in total. The number of nitrogens with one attached hydrogen (secondary N) is 2. The first-order valence-electron chi connectivity index (χ1n) is 11.4. The van der Waals surface area contributed by atoms with Crippen LogP contribution < -0.4 is 10.6 Å². The van der Waals surface area contributed by atoms with Crippen molar-refractivity contribution < 1.29 is 41.8 Å². The number of benzene rings is 2. The Balaban J connectivity index is 1.42. The normalized spacial score (nSPS) is 13.3. The number of fused-ring (bicyclic) bond motifs is 3. The number of unbranched alkanes of at least 4 members (excludes halogenated alkanes) is 1. The van der Waals surface area contributed by atoms with Gasteiger partial charge in [-0.1, -0.05) is 61.9 Å². The van der Waals surface area contributed by atoms with Crippen molar-refractivity contribution in [3.05, 3.63) is 59.7 Å². The molecule has 0 aliphatic heterocycles. The van der Waals surface area contributed by atoms with Crippen LogP contribution in [0.5, 0.6) is 0 Å². The maximum Gasteiger partial charge on any atom is 0.425 e. The van der Waals surface area contributed by atoms with Crippen molar-refractivity contribution >= 4 is 18.0 Å². The second-order valence-corrected chi connectivity index (χ2v) is 8.03. The third kappa shape index (κ3) is 6.97. The highest BCUT2D eigenvalue weighted by Crippen LogP contribution is 2.44. The van der Waals surface area contributed by atoms with Crippen LogP contribution in [0.15, 0.2) is 48.5 Å². The Morgan fingerprint density at radius 3 is 2.14 bits per heavy atom. The number of halogens is 3. The zero-order valence-corrected chi connectivity index (χ0v) is 19.6. The summed E-state index contributed by atoms with van der Waals surface area (Å²) in [5, 5.41) is 4.28. The summed E-state index contributed by atoms with van der Waals surface area (Å²) in [7, 11) is 0. The molecule has 3 rings (SSSR count). The molecule has 2 aromatic rings. The summed E-state index contributed by atoms with van der Waals surface area (Å²) in [5.41, 5.74) is 4.17. The van der Waals surface area contributed by atoms with Crippen LogP contribution in [0.25, 0.3) is 11.1 Å². The number of carbonyl (C=O) groups is 3. The number of amides is 2. The lowest BCUT2D eigenvalue weighted by Crippen LogP contribution is -2.44. The molecule has 1 atom stereocenters. The summed E-state index contributed by atoms with van der Waals surface area (Å²) in [6.07, 6.45) is -7.65. The smallest absolute Gasteiger partial charge is 0.425 e. The predicted octanol–water partition coefficient (Wildman–Crippen LogP) is 3.89. The van der Waals surface area contributed by atoms with Crippen molar-refractivity contribution in [3.8, 4) is 11.1 Å². The van der Waals surface area contributed by atoms with E-state index in [-0.39, 0.29) is 19.1 Å². The van der Waals surface area contributed by atoms with E-state index >= 15 is 0 Å². The molecular weight excluding hydrogens is 481 g/mol. The molecule has 2 aromatic carbocycles. The average Bonchev–Trinajstić information content (AvgIpc) is 3.17. The van der Waals surface area contributed by atoms with Crippen molar-refractivity contribution in [1.82, 2.24) is 10.6 Å². The largest absolute Gasteiger partial charge is 0.464 e. The number of carbonyl (C=O) groups excluding carboxylic acids is 3. The number of alkyl halides is 3. The summed E-state index contributed by atoms with van der Waals surface area (Å²) >= 11 is 0. The molecule has 0 spiro atoms. The Bertz CT molecular complexity index is 1030. The minimum atomic E-state index is -5.01. The second-order valence-electron chi connectivity index (χ2n) is 8.03. The summed E-state index contributed by atoms with van der Waals surface area (Å²) in [6.45, 7) is 0.202. The van der Waals surface area contributed by atoms with Gasteiger partial charge >= 0.3 is 18.2 Å². The van der Waals surface area contributed by atoms with E-state index in [9.17, 15) is 27.6 Å². The molecule has 8 nitrogen and oxygen atoms in total. The van der Waals surface area contributed by atoms with Gasteiger partial charge in [0, 0.05) is 5.92 Å². The summed E-state index contributed by atoms with van der Waals surface area (Å²) in [5.74, 6) is -2.58. The van der Waals surface area contributed by atoms with Crippen LogP contribution in [0.1, 0.15) is 36.8 Å². The fourth-order valence-corrected chi connectivity index (χ4v) is 3.76. The molecule has 1 aliphatic rings. The van der Waals surface area contributed by atoms with Crippen LogP contribution in [-0.4, -0.2) is 56.7 Å². The topological polar surface area (TPSA) is 103 Å². The minimum Gasteiger partial charge on any atom is -0.464 e. The molecule has 1 aliphatic carbocycles. The van der Waals surface area contributed by atoms with Gasteiger partial charge in [0.15, 0.2) is 0 Å². The van der Waals surface area contributed by atoms with Crippen LogP contribution in [0.2, 0.25) is 0 Å². The van der Waals surface area contributed by atoms with Gasteiger partial charge in [0.2, 0.25) is 5.91 Å². The Morgan fingerprint density at radius 1 is 0.944 bits per heavy atom. The van der Waals surface area contributed by atoms with Crippen LogP contribution in [-0.2, 0) is 23.8 Å². The first kappa shape index (κ1) is 27.0. The SMILES string of the molecule is CCCCOC(=O)C(OCNC(=O)CNC(=O)OCC1c2ccccc2-c2ccccc21)C(F)(F)F. The standard InChI is InChI=1S/C25H27F3N2O6/c1-2-3-12-34-23(32)22(25(26,27)28)36-15-30-21(31)13-29-24(33)35-14-20-18-10-6-4-8-16(18)17-9-5-7-11-19(17)20/h4-11,20,22H,2-3,12-15H2,1H3,(H,29,33)(H,30,31). The van der Waals surface area contributed by atoms with Crippen molar-refractivity contribution in [2.75, 3.05) is 26.5 Å². The number of alkyl carbamates (subject to hydrolysis) is 1. The maximum atomic E-state index is 13.0. The zero-order chi connectivity index (χ0) is 26.1. The first-order valence-corrected chi connectivity index (χ1v) is 11.4. The lowest BCUT2D eigenvalue weighted by Gasteiger charge is -2.19. The predicted molar refractivity (Wildman–Crippen MR) is 123 cm³/mol. The van der Waals surface area contributed by atoms with E-state index in [1.54, 1.807) is 6.92 Å². The zero-order valence-electron chi connectivity index (χ0n) is 19.6. The van der Waals surface area contributed by atoms with Crippen molar-refractivity contribution in [1.29, 1.82) is 0 Å². The third-order valence-corrected chi connectivity index (χ3v) is 5.51. The molecular formula is C25H27F3N2O6. The molecule has 0 aromatic heterocycles. The van der Waals surface area contributed by atoms with E-state index in [4.69, 9.17) is 4.74 Å². The Hall–Kier alpha value is -3.60. The van der Waals surface area contributed by atoms with Crippen molar-refractivity contribution in [2.45, 2.75) is 38.0 Å². The minimum absolute atomic E-state index is 0.0397. The van der Waals surface area contributed by atoms with Gasteiger partial charge < -0.3 is 24.8 Å². The van der Waals surface area contributed by atoms with E-state index in [2.05, 4.69) is 14.8 Å². The van der Waals surface area contributed by atoms with E-state index in [1.807, 2.05) is 53.8 Å². The van der Waals surface area contributed by atoms with E-state index < -0.39 is 43.5 Å². The first-order chi connectivity index (χ1) is 17.2. The molecule has 0 bridgehead atoms. The van der Waals surface area contributed by atoms with Crippen LogP contribution in [0.4, 0.5) is 18.0 Å². The Kier molecular flexibility index (Phi) is 9.29. The number of hydrogen-bond acceptors (Lipinski definition) is 6. The Morgan fingerprint density at radius 2 is 1.56 bits per heavy atom. The van der Waals surface area contributed by atoms with Gasteiger partial charge in [-0.3, -0.25) is 4.79 Å². The second kappa shape index (κ2) is 12.4. The lowest BCUT2D eigenvalue weighted by atomic mass is 9.98. The summed E-state index contributed by atoms with van der Waals surface area (Å²) in [4.78, 5) is 35.6. The molecule has 194 valence electrons. The molecule has 0 saturated carbocycles. The number of ether oxygens (including phenoxy) is 3. The van der Waals surface area contributed by atoms with E-state index in [0.717, 1.165) is 22.3 Å². The van der Waals surface area contributed by atoms with Crippen molar-refractivity contribution in [3.63, 3.8) is 0 Å². The van der Waals surface area contributed by atoms with E-state index in [1.165, 1.54) is 0 Å². The van der Waals surface area contributed by atoms with Gasteiger partial charge in [-0.25, -0.2) is 9.59 Å². The number of hydrogen-bond donors (Lipinski definition) is 2. The maximum absolute atomic E-state index is 13.0. The fraction of sp³-hybridized carbons (Fsp3) is 0.400. The quantitative estimate of drug-likeness (QED) is 0.271. The van der Waals surface area contributed by atoms with Crippen molar-refractivity contribution in [2.24, 2.45) is 0 Å². The summed E-state index contributed by atoms with van der Waals surface area (Å²) < 4.78 is 53.5. The van der Waals surface area contributed by atoms with Gasteiger partial charge in [0.05, 0.1) is 6.61 Å².